The van der Waals surface area contributed by atoms with Crippen LogP contribution in [-0.4, -0.2) is 42.8 Å². The maximum atomic E-state index is 13.4. The van der Waals surface area contributed by atoms with Crippen molar-refractivity contribution in [2.75, 3.05) is 26.9 Å². The molecule has 3 aromatic rings. The van der Waals surface area contributed by atoms with Gasteiger partial charge in [0, 0.05) is 12.7 Å². The van der Waals surface area contributed by atoms with Gasteiger partial charge in [0.05, 0.1) is 30.4 Å². The molecule has 1 amide bonds. The standard InChI is InChI=1S/C32H34N2O4S/c1-5-10-26-19-25(20-28(37-6-2)30(26)38-22-24-15-13-23(3)14-16-24)21-29-31(35)34(17-18-36-4)32(39-29)33-27-11-8-7-9-12-27/h5,7-9,11-16,19-21H,1,6,10,17-18,22H2,2-4H3/b29-21-,33-32?. The van der Waals surface area contributed by atoms with Crippen LogP contribution in [0.3, 0.4) is 0 Å². The molecule has 4 rings (SSSR count). The number of aliphatic imine (C=N–C) groups is 1. The summed E-state index contributed by atoms with van der Waals surface area (Å²) in [5.41, 5.74) is 4.86. The molecule has 0 N–H and O–H groups in total. The Kier molecular flexibility index (Phi) is 10.00. The number of nitrogens with zero attached hydrogens (tertiary/aromatic N) is 2. The van der Waals surface area contributed by atoms with Gasteiger partial charge in [0.1, 0.15) is 6.61 Å². The van der Waals surface area contributed by atoms with Crippen molar-refractivity contribution in [2.24, 2.45) is 4.99 Å². The van der Waals surface area contributed by atoms with Crippen molar-refractivity contribution >= 4 is 34.6 Å². The van der Waals surface area contributed by atoms with E-state index >= 15 is 0 Å². The number of benzene rings is 3. The molecule has 0 radical (unpaired) electrons. The first-order chi connectivity index (χ1) is 19.0. The summed E-state index contributed by atoms with van der Waals surface area (Å²) in [6, 6.07) is 21.9. The summed E-state index contributed by atoms with van der Waals surface area (Å²) in [5.74, 6) is 1.23. The van der Waals surface area contributed by atoms with E-state index in [9.17, 15) is 4.79 Å². The summed E-state index contributed by atoms with van der Waals surface area (Å²) in [6.07, 6.45) is 4.33. The number of aryl methyl sites for hydroxylation is 1. The minimum absolute atomic E-state index is 0.102. The molecule has 202 valence electrons. The van der Waals surface area contributed by atoms with Gasteiger partial charge < -0.3 is 14.2 Å². The molecule has 0 spiro atoms. The molecule has 0 saturated carbocycles. The lowest BCUT2D eigenvalue weighted by Crippen LogP contribution is -2.32. The average molecular weight is 543 g/mol. The van der Waals surface area contributed by atoms with Crippen LogP contribution in [0.2, 0.25) is 0 Å². The van der Waals surface area contributed by atoms with Crippen LogP contribution >= 0.6 is 11.8 Å². The number of hydrogen-bond acceptors (Lipinski definition) is 6. The molecule has 0 atom stereocenters. The van der Waals surface area contributed by atoms with Crippen LogP contribution in [0.4, 0.5) is 5.69 Å². The van der Waals surface area contributed by atoms with Crippen LogP contribution in [0.25, 0.3) is 6.08 Å². The fourth-order valence-electron chi connectivity index (χ4n) is 4.08. The third-order valence-electron chi connectivity index (χ3n) is 6.01. The molecule has 6 nitrogen and oxygen atoms in total. The fraction of sp³-hybridized carbons (Fsp3) is 0.250. The lowest BCUT2D eigenvalue weighted by Gasteiger charge is -2.17. The Balaban J connectivity index is 1.67. The van der Waals surface area contributed by atoms with E-state index in [1.807, 2.05) is 61.5 Å². The van der Waals surface area contributed by atoms with E-state index in [0.29, 0.717) is 54.4 Å². The third kappa shape index (κ3) is 7.40. The Labute approximate surface area is 235 Å². The molecule has 1 aliphatic rings. The normalized spacial score (nSPS) is 15.3. The molecule has 0 aliphatic carbocycles. The van der Waals surface area contributed by atoms with Crippen LogP contribution in [0, 0.1) is 6.92 Å². The summed E-state index contributed by atoms with van der Waals surface area (Å²) < 4.78 is 17.5. The number of ether oxygens (including phenoxy) is 3. The second-order valence-corrected chi connectivity index (χ2v) is 10.0. The smallest absolute Gasteiger partial charge is 0.266 e. The first-order valence-electron chi connectivity index (χ1n) is 13.0. The number of hydrogen-bond donors (Lipinski definition) is 0. The average Bonchev–Trinajstić information content (AvgIpc) is 3.22. The lowest BCUT2D eigenvalue weighted by atomic mass is 10.0. The van der Waals surface area contributed by atoms with Gasteiger partial charge in [-0.05, 0) is 73.5 Å². The minimum Gasteiger partial charge on any atom is -0.490 e. The molecule has 1 heterocycles. The Hall–Kier alpha value is -3.81. The van der Waals surface area contributed by atoms with Crippen molar-refractivity contribution in [3.05, 3.63) is 107 Å². The molecule has 0 unspecified atom stereocenters. The van der Waals surface area contributed by atoms with Gasteiger partial charge in [0.15, 0.2) is 16.7 Å². The molecule has 0 aromatic heterocycles. The highest BCUT2D eigenvalue weighted by molar-refractivity contribution is 8.18. The van der Waals surface area contributed by atoms with Gasteiger partial charge >= 0.3 is 0 Å². The van der Waals surface area contributed by atoms with Crippen LogP contribution in [0.15, 0.2) is 89.3 Å². The quantitative estimate of drug-likeness (QED) is 0.183. The van der Waals surface area contributed by atoms with Gasteiger partial charge in [-0.2, -0.15) is 0 Å². The van der Waals surface area contributed by atoms with Crippen LogP contribution < -0.4 is 9.47 Å². The Morgan fingerprint density at radius 3 is 2.51 bits per heavy atom. The minimum atomic E-state index is -0.102. The van der Waals surface area contributed by atoms with Crippen molar-refractivity contribution < 1.29 is 19.0 Å². The van der Waals surface area contributed by atoms with Gasteiger partial charge in [-0.1, -0.05) is 54.1 Å². The second kappa shape index (κ2) is 13.8. The zero-order chi connectivity index (χ0) is 27.6. The van der Waals surface area contributed by atoms with Crippen LogP contribution in [0.5, 0.6) is 11.5 Å². The largest absolute Gasteiger partial charge is 0.490 e. The van der Waals surface area contributed by atoms with E-state index in [-0.39, 0.29) is 5.91 Å². The van der Waals surface area contributed by atoms with Gasteiger partial charge in [0.2, 0.25) is 0 Å². The van der Waals surface area contributed by atoms with Crippen molar-refractivity contribution in [3.63, 3.8) is 0 Å². The van der Waals surface area contributed by atoms with E-state index in [1.165, 1.54) is 17.3 Å². The number of carbonyl (C=O) groups excluding carboxylic acids is 1. The molecular weight excluding hydrogens is 508 g/mol. The third-order valence-corrected chi connectivity index (χ3v) is 7.01. The topological polar surface area (TPSA) is 60.4 Å². The SMILES string of the molecule is C=CCc1cc(/C=C2\SC(=Nc3ccccc3)N(CCOC)C2=O)cc(OCC)c1OCc1ccc(C)cc1. The monoisotopic (exact) mass is 542 g/mol. The van der Waals surface area contributed by atoms with Gasteiger partial charge in [-0.25, -0.2) is 4.99 Å². The van der Waals surface area contributed by atoms with Crippen molar-refractivity contribution in [1.82, 2.24) is 4.90 Å². The summed E-state index contributed by atoms with van der Waals surface area (Å²) in [5, 5.41) is 0.629. The molecule has 0 bridgehead atoms. The molecule has 1 saturated heterocycles. The van der Waals surface area contributed by atoms with E-state index in [2.05, 4.69) is 37.8 Å². The van der Waals surface area contributed by atoms with Crippen molar-refractivity contribution in [2.45, 2.75) is 26.9 Å². The lowest BCUT2D eigenvalue weighted by molar-refractivity contribution is -0.122. The molecule has 3 aromatic carbocycles. The van der Waals surface area contributed by atoms with E-state index in [0.717, 1.165) is 22.4 Å². The van der Waals surface area contributed by atoms with Gasteiger partial charge in [0.25, 0.3) is 5.91 Å². The zero-order valence-corrected chi connectivity index (χ0v) is 23.5. The first-order valence-corrected chi connectivity index (χ1v) is 13.8. The Bertz CT molecular complexity index is 1350. The van der Waals surface area contributed by atoms with Crippen molar-refractivity contribution in [3.8, 4) is 11.5 Å². The highest BCUT2D eigenvalue weighted by Gasteiger charge is 2.33. The molecule has 1 aliphatic heterocycles. The summed E-state index contributed by atoms with van der Waals surface area (Å²) in [7, 11) is 1.62. The predicted octanol–water partition coefficient (Wildman–Crippen LogP) is 6.95. The first kappa shape index (κ1) is 28.2. The maximum absolute atomic E-state index is 13.4. The highest BCUT2D eigenvalue weighted by atomic mass is 32.2. The number of methoxy groups -OCH3 is 1. The number of amidine groups is 1. The number of para-hydroxylation sites is 1. The summed E-state index contributed by atoms with van der Waals surface area (Å²) >= 11 is 1.36. The summed E-state index contributed by atoms with van der Waals surface area (Å²) in [6.45, 7) is 9.68. The van der Waals surface area contributed by atoms with Crippen molar-refractivity contribution in [1.29, 1.82) is 0 Å². The second-order valence-electron chi connectivity index (χ2n) is 9.00. The van der Waals surface area contributed by atoms with Gasteiger partial charge in [-0.15, -0.1) is 6.58 Å². The molecule has 7 heteroatoms. The molecule has 39 heavy (non-hydrogen) atoms. The van der Waals surface area contributed by atoms with E-state index in [4.69, 9.17) is 19.2 Å². The zero-order valence-electron chi connectivity index (χ0n) is 22.7. The predicted molar refractivity (Wildman–Crippen MR) is 160 cm³/mol. The maximum Gasteiger partial charge on any atom is 0.266 e. The number of allylic oxidation sites excluding steroid dienone is 1. The number of thioether (sulfide) groups is 1. The molecular formula is C32H34N2O4S. The summed E-state index contributed by atoms with van der Waals surface area (Å²) in [4.78, 5) is 20.4. The number of amides is 1. The highest BCUT2D eigenvalue weighted by Crippen LogP contribution is 2.38. The number of carbonyl (C=O) groups is 1. The Morgan fingerprint density at radius 1 is 1.05 bits per heavy atom. The van der Waals surface area contributed by atoms with Crippen LogP contribution in [0.1, 0.15) is 29.2 Å². The molecule has 1 fully saturated rings. The fourth-order valence-corrected chi connectivity index (χ4v) is 5.10. The van der Waals surface area contributed by atoms with E-state index < -0.39 is 0 Å². The van der Waals surface area contributed by atoms with Crippen LogP contribution in [-0.2, 0) is 22.6 Å². The Morgan fingerprint density at radius 2 is 1.82 bits per heavy atom. The van der Waals surface area contributed by atoms with Gasteiger partial charge in [-0.3, -0.25) is 9.69 Å². The van der Waals surface area contributed by atoms with E-state index in [1.54, 1.807) is 12.0 Å². The number of rotatable bonds is 12.